The van der Waals surface area contributed by atoms with Gasteiger partial charge in [0.2, 0.25) is 0 Å². The topological polar surface area (TPSA) is 84.6 Å². The summed E-state index contributed by atoms with van der Waals surface area (Å²) >= 11 is 3.37. The fourth-order valence-electron chi connectivity index (χ4n) is 1.13. The number of hydrogen-bond acceptors (Lipinski definition) is 2. The first-order valence-electron chi connectivity index (χ1n) is 4.09. The number of halogens is 1. The Morgan fingerprint density at radius 2 is 2.07 bits per heavy atom. The molecular formula is C9H12BrN3O. The molecule has 5 heteroatoms. The Kier molecular flexibility index (Phi) is 3.91. The van der Waals surface area contributed by atoms with E-state index in [2.05, 4.69) is 20.9 Å². The van der Waals surface area contributed by atoms with Crippen LogP contribution in [0.1, 0.15) is 11.6 Å². The average molecular weight is 258 g/mol. The summed E-state index contributed by atoms with van der Waals surface area (Å²) in [5.74, 6) is -0.0280. The lowest BCUT2D eigenvalue weighted by molar-refractivity contribution is 0.268. The molecule has 0 saturated carbocycles. The van der Waals surface area contributed by atoms with Crippen molar-refractivity contribution in [2.75, 3.05) is 6.61 Å². The van der Waals surface area contributed by atoms with Crippen LogP contribution in [0.2, 0.25) is 0 Å². The van der Waals surface area contributed by atoms with Gasteiger partial charge in [-0.25, -0.2) is 4.99 Å². The Bertz CT molecular complexity index is 337. The second kappa shape index (κ2) is 4.97. The second-order valence-electron chi connectivity index (χ2n) is 2.77. The monoisotopic (exact) mass is 257 g/mol. The third-order valence-corrected chi connectivity index (χ3v) is 2.46. The van der Waals surface area contributed by atoms with Crippen LogP contribution >= 0.6 is 15.9 Å². The Labute approximate surface area is 90.8 Å². The van der Waals surface area contributed by atoms with Crippen molar-refractivity contribution in [2.45, 2.75) is 6.04 Å². The predicted octanol–water partition coefficient (Wildman–Crippen LogP) is 0.756. The molecule has 0 bridgehead atoms. The third-order valence-electron chi connectivity index (χ3n) is 1.74. The maximum Gasteiger partial charge on any atom is 0.186 e. The SMILES string of the molecule is NC(N)=N[C@@H](CO)c1ccccc1Br. The molecule has 0 aliphatic carbocycles. The van der Waals surface area contributed by atoms with E-state index in [0.29, 0.717) is 0 Å². The lowest BCUT2D eigenvalue weighted by Crippen LogP contribution is -2.24. The quantitative estimate of drug-likeness (QED) is 0.552. The van der Waals surface area contributed by atoms with Crippen LogP contribution in [0.4, 0.5) is 0 Å². The van der Waals surface area contributed by atoms with Crippen LogP contribution in [0.25, 0.3) is 0 Å². The Hall–Kier alpha value is -1.07. The van der Waals surface area contributed by atoms with E-state index < -0.39 is 6.04 Å². The minimum absolute atomic E-state index is 0.0280. The van der Waals surface area contributed by atoms with E-state index in [-0.39, 0.29) is 12.6 Å². The number of aliphatic hydroxyl groups excluding tert-OH is 1. The van der Waals surface area contributed by atoms with Gasteiger partial charge in [-0.3, -0.25) is 0 Å². The molecule has 5 N–H and O–H groups in total. The van der Waals surface area contributed by atoms with Gasteiger partial charge in [-0.15, -0.1) is 0 Å². The van der Waals surface area contributed by atoms with E-state index in [4.69, 9.17) is 16.6 Å². The zero-order valence-corrected chi connectivity index (χ0v) is 9.11. The summed E-state index contributed by atoms with van der Waals surface area (Å²) in [6, 6.07) is 7.08. The number of nitrogens with zero attached hydrogens (tertiary/aromatic N) is 1. The van der Waals surface area contributed by atoms with Crippen LogP contribution in [-0.4, -0.2) is 17.7 Å². The molecule has 4 nitrogen and oxygen atoms in total. The molecule has 0 aliphatic heterocycles. The molecule has 0 heterocycles. The van der Waals surface area contributed by atoms with Gasteiger partial charge in [0.25, 0.3) is 0 Å². The summed E-state index contributed by atoms with van der Waals surface area (Å²) in [4.78, 5) is 3.92. The van der Waals surface area contributed by atoms with E-state index in [9.17, 15) is 0 Å². The van der Waals surface area contributed by atoms with Gasteiger partial charge >= 0.3 is 0 Å². The van der Waals surface area contributed by atoms with Gasteiger partial charge in [-0.1, -0.05) is 34.1 Å². The Balaban J connectivity index is 3.01. The summed E-state index contributed by atoms with van der Waals surface area (Å²) in [6.07, 6.45) is 0. The molecule has 1 aromatic rings. The van der Waals surface area contributed by atoms with Crippen LogP contribution in [0.15, 0.2) is 33.7 Å². The third kappa shape index (κ3) is 2.71. The first-order valence-corrected chi connectivity index (χ1v) is 4.88. The number of aliphatic imine (C=N–C) groups is 1. The van der Waals surface area contributed by atoms with Gasteiger partial charge in [0.05, 0.1) is 6.61 Å². The highest BCUT2D eigenvalue weighted by Crippen LogP contribution is 2.25. The van der Waals surface area contributed by atoms with E-state index in [1.165, 1.54) is 0 Å². The highest BCUT2D eigenvalue weighted by molar-refractivity contribution is 9.10. The summed E-state index contributed by atoms with van der Waals surface area (Å²) in [5.41, 5.74) is 11.4. The van der Waals surface area contributed by atoms with Gasteiger partial charge in [0, 0.05) is 4.47 Å². The van der Waals surface area contributed by atoms with Crippen molar-refractivity contribution >= 4 is 21.9 Å². The van der Waals surface area contributed by atoms with Crippen LogP contribution in [0.5, 0.6) is 0 Å². The van der Waals surface area contributed by atoms with Crippen LogP contribution in [0.3, 0.4) is 0 Å². The summed E-state index contributed by atoms with van der Waals surface area (Å²) < 4.78 is 0.879. The summed E-state index contributed by atoms with van der Waals surface area (Å²) in [5, 5.41) is 9.11. The minimum Gasteiger partial charge on any atom is -0.394 e. The molecular weight excluding hydrogens is 246 g/mol. The zero-order chi connectivity index (χ0) is 10.6. The molecule has 0 amide bonds. The van der Waals surface area contributed by atoms with Crippen molar-refractivity contribution in [2.24, 2.45) is 16.5 Å². The lowest BCUT2D eigenvalue weighted by Gasteiger charge is -2.11. The first kappa shape index (κ1) is 11.0. The van der Waals surface area contributed by atoms with Crippen LogP contribution < -0.4 is 11.5 Å². The van der Waals surface area contributed by atoms with Gasteiger partial charge in [0.1, 0.15) is 6.04 Å². The predicted molar refractivity (Wildman–Crippen MR) is 59.8 cm³/mol. The number of nitrogens with two attached hydrogens (primary N) is 2. The van der Waals surface area contributed by atoms with Gasteiger partial charge < -0.3 is 16.6 Å². The summed E-state index contributed by atoms with van der Waals surface area (Å²) in [6.45, 7) is -0.124. The highest BCUT2D eigenvalue weighted by Gasteiger charge is 2.11. The molecule has 1 atom stereocenters. The molecule has 0 saturated heterocycles. The van der Waals surface area contributed by atoms with Crippen molar-refractivity contribution in [1.82, 2.24) is 0 Å². The largest absolute Gasteiger partial charge is 0.394 e. The molecule has 1 aromatic carbocycles. The smallest absolute Gasteiger partial charge is 0.186 e. The number of guanidine groups is 1. The van der Waals surface area contributed by atoms with Crippen molar-refractivity contribution in [1.29, 1.82) is 0 Å². The van der Waals surface area contributed by atoms with Crippen LogP contribution in [0, 0.1) is 0 Å². The van der Waals surface area contributed by atoms with E-state index >= 15 is 0 Å². The van der Waals surface area contributed by atoms with Crippen molar-refractivity contribution in [3.8, 4) is 0 Å². The van der Waals surface area contributed by atoms with Gasteiger partial charge in [0.15, 0.2) is 5.96 Å². The lowest BCUT2D eigenvalue weighted by atomic mass is 10.1. The minimum atomic E-state index is -0.407. The standard InChI is InChI=1S/C9H12BrN3O/c10-7-4-2-1-3-6(7)8(5-14)13-9(11)12/h1-4,8,14H,5H2,(H4,11,12,13)/t8-/m0/s1. The molecule has 0 spiro atoms. The zero-order valence-electron chi connectivity index (χ0n) is 7.52. The number of aliphatic hydroxyl groups is 1. The average Bonchev–Trinajstić information content (AvgIpc) is 2.15. The van der Waals surface area contributed by atoms with Crippen LogP contribution in [-0.2, 0) is 0 Å². The van der Waals surface area contributed by atoms with Crippen molar-refractivity contribution < 1.29 is 5.11 Å². The molecule has 76 valence electrons. The molecule has 0 radical (unpaired) electrons. The van der Waals surface area contributed by atoms with Gasteiger partial charge in [-0.2, -0.15) is 0 Å². The maximum atomic E-state index is 9.11. The molecule has 14 heavy (non-hydrogen) atoms. The second-order valence-corrected chi connectivity index (χ2v) is 3.63. The fourth-order valence-corrected chi connectivity index (χ4v) is 1.68. The molecule has 0 fully saturated rings. The first-order chi connectivity index (χ1) is 6.65. The normalized spacial score (nSPS) is 12.1. The van der Waals surface area contributed by atoms with Crippen molar-refractivity contribution in [3.63, 3.8) is 0 Å². The Morgan fingerprint density at radius 1 is 1.43 bits per heavy atom. The number of hydrogen-bond donors (Lipinski definition) is 3. The fraction of sp³-hybridized carbons (Fsp3) is 0.222. The molecule has 0 aliphatic rings. The molecule has 0 aromatic heterocycles. The number of rotatable bonds is 3. The maximum absolute atomic E-state index is 9.11. The van der Waals surface area contributed by atoms with E-state index in [0.717, 1.165) is 10.0 Å². The number of benzene rings is 1. The van der Waals surface area contributed by atoms with E-state index in [1.807, 2.05) is 24.3 Å². The van der Waals surface area contributed by atoms with Crippen molar-refractivity contribution in [3.05, 3.63) is 34.3 Å². The highest BCUT2D eigenvalue weighted by atomic mass is 79.9. The van der Waals surface area contributed by atoms with E-state index in [1.54, 1.807) is 0 Å². The molecule has 0 unspecified atom stereocenters. The summed E-state index contributed by atoms with van der Waals surface area (Å²) in [7, 11) is 0. The molecule has 1 rings (SSSR count). The van der Waals surface area contributed by atoms with Gasteiger partial charge in [-0.05, 0) is 11.6 Å². The Morgan fingerprint density at radius 3 is 2.57 bits per heavy atom.